The van der Waals surface area contributed by atoms with Crippen LogP contribution in [0.3, 0.4) is 0 Å². The van der Waals surface area contributed by atoms with E-state index in [1.807, 2.05) is 12.1 Å². The third-order valence-electron chi connectivity index (χ3n) is 4.36. The van der Waals surface area contributed by atoms with Crippen molar-refractivity contribution in [3.63, 3.8) is 0 Å². The molecule has 1 saturated heterocycles. The van der Waals surface area contributed by atoms with Crippen molar-refractivity contribution in [2.45, 2.75) is 30.9 Å². The van der Waals surface area contributed by atoms with Gasteiger partial charge in [0.25, 0.3) is 0 Å². The van der Waals surface area contributed by atoms with E-state index in [-0.39, 0.29) is 10.7 Å². The van der Waals surface area contributed by atoms with E-state index in [4.69, 9.17) is 4.74 Å². The molecule has 0 radical (unpaired) electrons. The van der Waals surface area contributed by atoms with Crippen LogP contribution < -0.4 is 0 Å². The summed E-state index contributed by atoms with van der Waals surface area (Å²) in [7, 11) is -0.982. The zero-order chi connectivity index (χ0) is 16.4. The third kappa shape index (κ3) is 3.90. The Labute approximate surface area is 140 Å². The molecule has 0 N–H and O–H groups in total. The van der Waals surface area contributed by atoms with Crippen LogP contribution in [-0.4, -0.2) is 48.3 Å². The third-order valence-corrected chi connectivity index (χ3v) is 9.36. The summed E-state index contributed by atoms with van der Waals surface area (Å²) in [6.07, 6.45) is 4.40. The Morgan fingerprint density at radius 1 is 1.18 bits per heavy atom. The molecule has 124 valence electrons. The summed E-state index contributed by atoms with van der Waals surface area (Å²) in [5.74, 6) is 2.41. The molecular weight excluding hydrogens is 312 g/mol. The average Bonchev–Trinajstić information content (AvgIpc) is 2.46. The molecule has 0 aromatic heterocycles. The molecule has 1 atom stereocenters. The first kappa shape index (κ1) is 17.9. The van der Waals surface area contributed by atoms with Gasteiger partial charge in [-0.05, 0) is 30.1 Å². The zero-order valence-corrected chi connectivity index (χ0v) is 16.0. The minimum Gasteiger partial charge on any atom is -0.380 e. The lowest BCUT2D eigenvalue weighted by molar-refractivity contribution is 0.0945. The second kappa shape index (κ2) is 6.98. The Bertz CT molecular complexity index is 511. The standard InChI is InChI=1S/C18H28O2S2/c1-18(2,3)17(22(5)12-10-20-11-13-22)16(19)14-6-8-15(21-4)9-7-14/h6-9,17H,10-13H2,1-5H3. The Morgan fingerprint density at radius 2 is 1.73 bits per heavy atom. The van der Waals surface area contributed by atoms with Crippen molar-refractivity contribution < 1.29 is 9.53 Å². The Morgan fingerprint density at radius 3 is 2.18 bits per heavy atom. The molecule has 1 unspecified atom stereocenters. The van der Waals surface area contributed by atoms with E-state index >= 15 is 0 Å². The van der Waals surface area contributed by atoms with Gasteiger partial charge in [0.05, 0.1) is 18.5 Å². The first-order valence-electron chi connectivity index (χ1n) is 7.76. The number of rotatable bonds is 4. The van der Waals surface area contributed by atoms with Gasteiger partial charge in [-0.3, -0.25) is 4.79 Å². The zero-order valence-electron chi connectivity index (χ0n) is 14.3. The average molecular weight is 341 g/mol. The largest absolute Gasteiger partial charge is 0.380 e. The maximum Gasteiger partial charge on any atom is 0.174 e. The number of hydrogen-bond acceptors (Lipinski definition) is 3. The van der Waals surface area contributed by atoms with Crippen LogP contribution in [0.15, 0.2) is 29.2 Å². The van der Waals surface area contributed by atoms with Crippen molar-refractivity contribution in [1.82, 2.24) is 0 Å². The molecule has 1 aromatic carbocycles. The second-order valence-electron chi connectivity index (χ2n) is 7.21. The molecule has 1 aliphatic rings. The fourth-order valence-corrected chi connectivity index (χ4v) is 7.79. The van der Waals surface area contributed by atoms with Gasteiger partial charge in [-0.25, -0.2) is 10.0 Å². The number of Topliss-reactive ketones (excluding diaryl/α,β-unsaturated/α-hetero) is 1. The molecule has 1 aromatic rings. The molecule has 22 heavy (non-hydrogen) atoms. The highest BCUT2D eigenvalue weighted by atomic mass is 32.3. The van der Waals surface area contributed by atoms with Gasteiger partial charge in [0.1, 0.15) is 0 Å². The van der Waals surface area contributed by atoms with Crippen LogP contribution in [-0.2, 0) is 4.74 Å². The summed E-state index contributed by atoms with van der Waals surface area (Å²) < 4.78 is 5.55. The van der Waals surface area contributed by atoms with Gasteiger partial charge in [-0.15, -0.1) is 11.8 Å². The molecule has 0 saturated carbocycles. The molecule has 0 aliphatic carbocycles. The summed E-state index contributed by atoms with van der Waals surface area (Å²) >= 11 is 1.71. The predicted molar refractivity (Wildman–Crippen MR) is 99.9 cm³/mol. The van der Waals surface area contributed by atoms with Crippen LogP contribution in [0.5, 0.6) is 0 Å². The number of benzene rings is 1. The van der Waals surface area contributed by atoms with Crippen molar-refractivity contribution in [2.75, 3.05) is 37.2 Å². The quantitative estimate of drug-likeness (QED) is 0.597. The Kier molecular flexibility index (Phi) is 5.68. The van der Waals surface area contributed by atoms with Gasteiger partial charge in [-0.1, -0.05) is 32.9 Å². The number of carbonyl (C=O) groups excluding carboxylic acids is 1. The van der Waals surface area contributed by atoms with Crippen LogP contribution in [0.2, 0.25) is 0 Å². The number of hydrogen-bond donors (Lipinski definition) is 0. The van der Waals surface area contributed by atoms with Gasteiger partial charge in [0.2, 0.25) is 0 Å². The van der Waals surface area contributed by atoms with E-state index in [1.165, 1.54) is 4.90 Å². The molecule has 0 spiro atoms. The molecule has 2 rings (SSSR count). The minimum absolute atomic E-state index is 0.0172. The smallest absolute Gasteiger partial charge is 0.174 e. The molecule has 1 heterocycles. The van der Waals surface area contributed by atoms with Crippen LogP contribution >= 0.6 is 21.8 Å². The van der Waals surface area contributed by atoms with E-state index < -0.39 is 10.0 Å². The maximum atomic E-state index is 13.3. The first-order valence-corrected chi connectivity index (χ1v) is 11.4. The van der Waals surface area contributed by atoms with Gasteiger partial charge in [0, 0.05) is 22.0 Å². The molecular formula is C18H28O2S2. The van der Waals surface area contributed by atoms with E-state index in [0.717, 1.165) is 30.3 Å². The summed E-state index contributed by atoms with van der Waals surface area (Å²) in [5, 5.41) is 0.101. The lowest BCUT2D eigenvalue weighted by Crippen LogP contribution is -2.43. The second-order valence-corrected chi connectivity index (χ2v) is 12.1. The van der Waals surface area contributed by atoms with Crippen molar-refractivity contribution in [3.05, 3.63) is 29.8 Å². The molecule has 1 fully saturated rings. The van der Waals surface area contributed by atoms with Gasteiger partial charge in [-0.2, -0.15) is 0 Å². The topological polar surface area (TPSA) is 26.3 Å². The summed E-state index contributed by atoms with van der Waals surface area (Å²) in [6.45, 7) is 8.23. The van der Waals surface area contributed by atoms with E-state index in [1.54, 1.807) is 11.8 Å². The van der Waals surface area contributed by atoms with Crippen molar-refractivity contribution in [2.24, 2.45) is 5.41 Å². The highest BCUT2D eigenvalue weighted by Gasteiger charge is 2.43. The van der Waals surface area contributed by atoms with Gasteiger partial charge < -0.3 is 4.74 Å². The van der Waals surface area contributed by atoms with E-state index in [0.29, 0.717) is 5.78 Å². The number of thioether (sulfide) groups is 1. The molecule has 4 heteroatoms. The SMILES string of the molecule is CSc1ccc(C(=O)C(C(C)(C)C)S2(C)CCOCC2)cc1. The highest BCUT2D eigenvalue weighted by molar-refractivity contribution is 8.34. The number of carbonyl (C=O) groups is 1. The molecule has 0 bridgehead atoms. The molecule has 2 nitrogen and oxygen atoms in total. The van der Waals surface area contributed by atoms with E-state index in [2.05, 4.69) is 45.4 Å². The fourth-order valence-electron chi connectivity index (χ4n) is 3.35. The van der Waals surface area contributed by atoms with Crippen LogP contribution in [0.4, 0.5) is 0 Å². The van der Waals surface area contributed by atoms with Crippen LogP contribution in [0, 0.1) is 5.41 Å². The predicted octanol–water partition coefficient (Wildman–Crippen LogP) is 4.47. The van der Waals surface area contributed by atoms with Crippen molar-refractivity contribution in [3.8, 4) is 0 Å². The lowest BCUT2D eigenvalue weighted by atomic mass is 9.87. The summed E-state index contributed by atoms with van der Waals surface area (Å²) in [6, 6.07) is 8.10. The van der Waals surface area contributed by atoms with Gasteiger partial charge in [0.15, 0.2) is 5.78 Å². The monoisotopic (exact) mass is 340 g/mol. The number of ether oxygens (including phenoxy) is 1. The highest BCUT2D eigenvalue weighted by Crippen LogP contribution is 2.56. The fraction of sp³-hybridized carbons (Fsp3) is 0.611. The first-order chi connectivity index (χ1) is 10.3. The van der Waals surface area contributed by atoms with Crippen molar-refractivity contribution in [1.29, 1.82) is 0 Å². The van der Waals surface area contributed by atoms with E-state index in [9.17, 15) is 4.79 Å². The molecule has 1 aliphatic heterocycles. The van der Waals surface area contributed by atoms with Crippen LogP contribution in [0.1, 0.15) is 31.1 Å². The van der Waals surface area contributed by atoms with Gasteiger partial charge >= 0.3 is 0 Å². The summed E-state index contributed by atoms with van der Waals surface area (Å²) in [4.78, 5) is 14.5. The normalized spacial score (nSPS) is 21.1. The Balaban J connectivity index is 2.34. The maximum absolute atomic E-state index is 13.3. The minimum atomic E-state index is -0.982. The lowest BCUT2D eigenvalue weighted by Gasteiger charge is -2.50. The molecule has 0 amide bonds. The number of ketones is 1. The Hall–Kier alpha value is -0.450. The van der Waals surface area contributed by atoms with Crippen molar-refractivity contribution >= 4 is 27.6 Å². The van der Waals surface area contributed by atoms with Crippen LogP contribution in [0.25, 0.3) is 0 Å². The summed E-state index contributed by atoms with van der Waals surface area (Å²) in [5.41, 5.74) is 0.842.